The van der Waals surface area contributed by atoms with E-state index in [0.29, 0.717) is 17.7 Å². The van der Waals surface area contributed by atoms with Gasteiger partial charge in [0.1, 0.15) is 0 Å². The van der Waals surface area contributed by atoms with Crippen molar-refractivity contribution in [3.05, 3.63) is 0 Å². The molecule has 0 aromatic rings. The van der Waals surface area contributed by atoms with E-state index in [-0.39, 0.29) is 0 Å². The highest BCUT2D eigenvalue weighted by molar-refractivity contribution is 5.79. The van der Waals surface area contributed by atoms with Gasteiger partial charge in [0, 0.05) is 12.5 Å². The molecule has 0 radical (unpaired) electrons. The second-order valence-corrected chi connectivity index (χ2v) is 8.40. The third kappa shape index (κ3) is 8.11. The lowest BCUT2D eigenvalue weighted by atomic mass is 9.79. The lowest BCUT2D eigenvalue weighted by Gasteiger charge is -2.37. The molecule has 0 saturated carbocycles. The van der Waals surface area contributed by atoms with Gasteiger partial charge in [0.15, 0.2) is 0 Å². The molecule has 2 fully saturated rings. The molecular formula is C22H42N2O. The summed E-state index contributed by atoms with van der Waals surface area (Å²) in [6.07, 6.45) is 18.9. The summed E-state index contributed by atoms with van der Waals surface area (Å²) in [4.78, 5) is 14.7. The lowest BCUT2D eigenvalue weighted by molar-refractivity contribution is -0.129. The van der Waals surface area contributed by atoms with E-state index < -0.39 is 0 Å². The van der Waals surface area contributed by atoms with Gasteiger partial charge in [0.25, 0.3) is 0 Å². The summed E-state index contributed by atoms with van der Waals surface area (Å²) < 4.78 is 0. The average Bonchev–Trinajstić information content (AvgIpc) is 2.64. The molecule has 2 rings (SSSR count). The molecular weight excluding hydrogens is 308 g/mol. The number of nitrogens with zero attached hydrogens (tertiary/aromatic N) is 1. The topological polar surface area (TPSA) is 32.3 Å². The molecule has 2 aliphatic rings. The van der Waals surface area contributed by atoms with Gasteiger partial charge in [-0.15, -0.1) is 0 Å². The Morgan fingerprint density at radius 3 is 2.08 bits per heavy atom. The summed E-state index contributed by atoms with van der Waals surface area (Å²) in [5.74, 6) is 1.29. The maximum Gasteiger partial charge on any atom is 0.223 e. The maximum absolute atomic E-state index is 12.0. The molecule has 0 spiro atoms. The van der Waals surface area contributed by atoms with Crippen LogP contribution in [0.2, 0.25) is 0 Å². The molecule has 0 aliphatic carbocycles. The molecule has 1 unspecified atom stereocenters. The summed E-state index contributed by atoms with van der Waals surface area (Å²) in [5.41, 5.74) is 0. The zero-order valence-electron chi connectivity index (χ0n) is 16.7. The minimum atomic E-state index is 0.313. The smallest absolute Gasteiger partial charge is 0.223 e. The minimum Gasteiger partial charge on any atom is -0.356 e. The molecule has 2 aliphatic heterocycles. The highest BCUT2D eigenvalue weighted by Crippen LogP contribution is 2.30. The zero-order valence-corrected chi connectivity index (χ0v) is 16.7. The number of nitrogens with one attached hydrogen (secondary N) is 1. The number of carbonyl (C=O) groups excluding carboxylic acids is 1. The van der Waals surface area contributed by atoms with Gasteiger partial charge >= 0.3 is 0 Å². The quantitative estimate of drug-likeness (QED) is 0.494. The van der Waals surface area contributed by atoms with Gasteiger partial charge in [0.05, 0.1) is 0 Å². The van der Waals surface area contributed by atoms with Crippen molar-refractivity contribution in [1.29, 1.82) is 0 Å². The normalized spacial score (nSPS) is 22.9. The molecule has 0 aromatic heterocycles. The van der Waals surface area contributed by atoms with Crippen LogP contribution < -0.4 is 5.32 Å². The van der Waals surface area contributed by atoms with Crippen molar-refractivity contribution in [3.63, 3.8) is 0 Å². The Kier molecular flexibility index (Phi) is 10.6. The fraction of sp³-hybridized carbons (Fsp3) is 0.955. The number of amides is 1. The van der Waals surface area contributed by atoms with Gasteiger partial charge in [-0.25, -0.2) is 0 Å². The van der Waals surface area contributed by atoms with Crippen LogP contribution in [0.5, 0.6) is 0 Å². The lowest BCUT2D eigenvalue weighted by Crippen LogP contribution is -2.44. The molecule has 3 nitrogen and oxygen atoms in total. The van der Waals surface area contributed by atoms with Gasteiger partial charge < -0.3 is 10.2 Å². The number of rotatable bonds is 12. The van der Waals surface area contributed by atoms with E-state index in [2.05, 4.69) is 17.1 Å². The number of hydrogen-bond donors (Lipinski definition) is 1. The van der Waals surface area contributed by atoms with Gasteiger partial charge in [-0.2, -0.15) is 0 Å². The van der Waals surface area contributed by atoms with Crippen LogP contribution in [0.15, 0.2) is 0 Å². The molecule has 25 heavy (non-hydrogen) atoms. The molecule has 0 aromatic carbocycles. The van der Waals surface area contributed by atoms with Crippen LogP contribution in [0.1, 0.15) is 96.8 Å². The standard InChI is InChI=1S/C22H42N2O/c1-2-3-4-5-6-7-8-9-10-11-17-24-18-14-20(15-19-24)21-13-12-16-23-22(21)25/h20-21H,2-19H2,1H3,(H,23,25). The molecule has 3 heteroatoms. The van der Waals surface area contributed by atoms with Crippen molar-refractivity contribution in [2.45, 2.75) is 96.8 Å². The first-order valence-electron chi connectivity index (χ1n) is 11.3. The molecule has 146 valence electrons. The molecule has 1 atom stereocenters. The van der Waals surface area contributed by atoms with Crippen molar-refractivity contribution in [2.24, 2.45) is 11.8 Å². The Morgan fingerprint density at radius 1 is 0.880 bits per heavy atom. The fourth-order valence-corrected chi connectivity index (χ4v) is 4.65. The van der Waals surface area contributed by atoms with Crippen molar-refractivity contribution < 1.29 is 4.79 Å². The summed E-state index contributed by atoms with van der Waals surface area (Å²) in [7, 11) is 0. The fourth-order valence-electron chi connectivity index (χ4n) is 4.65. The molecule has 2 saturated heterocycles. The van der Waals surface area contributed by atoms with E-state index in [1.54, 1.807) is 0 Å². The highest BCUT2D eigenvalue weighted by atomic mass is 16.1. The van der Waals surface area contributed by atoms with E-state index in [0.717, 1.165) is 13.0 Å². The van der Waals surface area contributed by atoms with Crippen molar-refractivity contribution in [3.8, 4) is 0 Å². The third-order valence-electron chi connectivity index (χ3n) is 6.36. The SMILES string of the molecule is CCCCCCCCCCCCN1CCC(C2CCCNC2=O)CC1. The second kappa shape index (κ2) is 12.7. The van der Waals surface area contributed by atoms with Gasteiger partial charge in [-0.05, 0) is 57.7 Å². The van der Waals surface area contributed by atoms with E-state index >= 15 is 0 Å². The predicted molar refractivity (Wildman–Crippen MR) is 107 cm³/mol. The Labute approximate surface area is 156 Å². The summed E-state index contributed by atoms with van der Waals surface area (Å²) in [6.45, 7) is 6.89. The summed E-state index contributed by atoms with van der Waals surface area (Å²) in [6, 6.07) is 0. The number of likely N-dealkylation sites (tertiary alicyclic amines) is 1. The van der Waals surface area contributed by atoms with Crippen LogP contribution in [-0.4, -0.2) is 37.0 Å². The summed E-state index contributed by atoms with van der Waals surface area (Å²) in [5, 5.41) is 3.06. The predicted octanol–water partition coefficient (Wildman–Crippen LogP) is 5.15. The zero-order chi connectivity index (χ0) is 17.7. The van der Waals surface area contributed by atoms with Crippen LogP contribution >= 0.6 is 0 Å². The molecule has 1 amide bonds. The first kappa shape index (κ1) is 20.7. The highest BCUT2D eigenvalue weighted by Gasteiger charge is 2.32. The first-order valence-corrected chi connectivity index (χ1v) is 11.3. The van der Waals surface area contributed by atoms with Crippen LogP contribution in [-0.2, 0) is 4.79 Å². The third-order valence-corrected chi connectivity index (χ3v) is 6.36. The van der Waals surface area contributed by atoms with Crippen LogP contribution in [0, 0.1) is 11.8 Å². The number of carbonyl (C=O) groups is 1. The monoisotopic (exact) mass is 350 g/mol. The minimum absolute atomic E-state index is 0.313. The molecule has 2 heterocycles. The molecule has 1 N–H and O–H groups in total. The van der Waals surface area contributed by atoms with Crippen LogP contribution in [0.3, 0.4) is 0 Å². The van der Waals surface area contributed by atoms with Gasteiger partial charge in [-0.3, -0.25) is 4.79 Å². The van der Waals surface area contributed by atoms with Gasteiger partial charge in [0.2, 0.25) is 5.91 Å². The van der Waals surface area contributed by atoms with E-state index in [1.165, 1.54) is 103 Å². The first-order chi connectivity index (χ1) is 12.3. The largest absolute Gasteiger partial charge is 0.356 e. The Hall–Kier alpha value is -0.570. The Morgan fingerprint density at radius 2 is 1.48 bits per heavy atom. The number of unbranched alkanes of at least 4 members (excludes halogenated alkanes) is 9. The van der Waals surface area contributed by atoms with Crippen LogP contribution in [0.4, 0.5) is 0 Å². The number of piperidine rings is 2. The Bertz CT molecular complexity index is 350. The maximum atomic E-state index is 12.0. The second-order valence-electron chi connectivity index (χ2n) is 8.40. The molecule has 0 bridgehead atoms. The van der Waals surface area contributed by atoms with Crippen molar-refractivity contribution in [2.75, 3.05) is 26.2 Å². The van der Waals surface area contributed by atoms with Crippen molar-refractivity contribution >= 4 is 5.91 Å². The Balaban J connectivity index is 1.43. The van der Waals surface area contributed by atoms with E-state index in [4.69, 9.17) is 0 Å². The van der Waals surface area contributed by atoms with E-state index in [9.17, 15) is 4.79 Å². The summed E-state index contributed by atoms with van der Waals surface area (Å²) >= 11 is 0. The van der Waals surface area contributed by atoms with Crippen LogP contribution in [0.25, 0.3) is 0 Å². The average molecular weight is 351 g/mol. The van der Waals surface area contributed by atoms with Crippen molar-refractivity contribution in [1.82, 2.24) is 10.2 Å². The number of hydrogen-bond acceptors (Lipinski definition) is 2. The van der Waals surface area contributed by atoms with Gasteiger partial charge in [-0.1, -0.05) is 64.7 Å². The van der Waals surface area contributed by atoms with E-state index in [1.807, 2.05) is 0 Å².